The number of unbranched alkanes of at least 4 members (excludes halogenated alkanes) is 1. The number of rotatable bonds is 10. The molecule has 10 heteroatoms. The van der Waals surface area contributed by atoms with E-state index in [0.29, 0.717) is 48.7 Å². The Kier molecular flexibility index (Phi) is 7.31. The molecule has 178 valence electrons. The van der Waals surface area contributed by atoms with E-state index in [4.69, 9.17) is 14.6 Å². The van der Waals surface area contributed by atoms with Crippen molar-refractivity contribution in [1.82, 2.24) is 9.55 Å². The Labute approximate surface area is 190 Å². The second kappa shape index (κ2) is 10.4. The molecule has 0 radical (unpaired) electrons. The molecule has 0 amide bonds. The summed E-state index contributed by atoms with van der Waals surface area (Å²) in [4.78, 5) is 4.60. The van der Waals surface area contributed by atoms with Gasteiger partial charge in [-0.05, 0) is 42.7 Å². The first-order valence-electron chi connectivity index (χ1n) is 10.9. The van der Waals surface area contributed by atoms with Crippen molar-refractivity contribution in [2.75, 3.05) is 25.1 Å². The highest BCUT2D eigenvalue weighted by atomic mass is 16.6. The Hall–Kier alpha value is -2.89. The number of imidazole rings is 1. The van der Waals surface area contributed by atoms with Crippen LogP contribution >= 0.6 is 0 Å². The molecule has 33 heavy (non-hydrogen) atoms. The van der Waals surface area contributed by atoms with E-state index in [0.717, 1.165) is 5.56 Å². The minimum Gasteiger partial charge on any atom is -0.508 e. The number of phenolic OH excluding ortho intramolecular Hbond substituents is 1. The van der Waals surface area contributed by atoms with Crippen molar-refractivity contribution in [3.63, 3.8) is 0 Å². The average Bonchev–Trinajstić information content (AvgIpc) is 3.31. The highest BCUT2D eigenvalue weighted by Crippen LogP contribution is 2.35. The van der Waals surface area contributed by atoms with Crippen LogP contribution in [0, 0.1) is 0 Å². The van der Waals surface area contributed by atoms with E-state index in [2.05, 4.69) is 10.3 Å². The van der Waals surface area contributed by atoms with Crippen molar-refractivity contribution in [3.8, 4) is 11.5 Å². The van der Waals surface area contributed by atoms with Crippen molar-refractivity contribution < 1.29 is 35.0 Å². The fraction of sp³-hybridized carbons (Fsp3) is 0.435. The minimum atomic E-state index is -1.25. The summed E-state index contributed by atoms with van der Waals surface area (Å²) in [5.41, 5.74) is 2.10. The molecule has 1 saturated heterocycles. The Morgan fingerprint density at radius 2 is 1.88 bits per heavy atom. The zero-order valence-electron chi connectivity index (χ0n) is 18.0. The Morgan fingerprint density at radius 1 is 1.06 bits per heavy atom. The van der Waals surface area contributed by atoms with Gasteiger partial charge in [-0.3, -0.25) is 4.57 Å². The molecule has 4 atom stereocenters. The molecule has 0 unspecified atom stereocenters. The summed E-state index contributed by atoms with van der Waals surface area (Å²) >= 11 is 0. The number of aliphatic hydroxyl groups excluding tert-OH is 4. The number of anilines is 1. The number of aromatic hydroxyl groups is 1. The molecular weight excluding hydrogens is 430 g/mol. The van der Waals surface area contributed by atoms with Gasteiger partial charge in [0, 0.05) is 19.2 Å². The number of benzene rings is 2. The van der Waals surface area contributed by atoms with Gasteiger partial charge in [0.25, 0.3) is 0 Å². The molecule has 1 aromatic heterocycles. The molecule has 2 aromatic carbocycles. The molecule has 2 heterocycles. The first kappa shape index (κ1) is 23.3. The summed E-state index contributed by atoms with van der Waals surface area (Å²) in [6.07, 6.45) is -2.98. The van der Waals surface area contributed by atoms with Gasteiger partial charge in [0.15, 0.2) is 6.23 Å². The standard InChI is InChI=1S/C23H29N3O7/c27-7-3-4-8-32-16-10-14(9-15(29)11-16)12-24-23-25-17-5-1-2-6-18(17)26(23)22-21(31)20(30)19(13-28)33-22/h1-2,5-6,9-11,19-22,27-31H,3-4,7-8,12-13H2,(H,24,25)/t19-,20-,21-,22-/m1/s1. The van der Waals surface area contributed by atoms with E-state index in [-0.39, 0.29) is 12.4 Å². The molecule has 0 saturated carbocycles. The molecule has 6 N–H and O–H groups in total. The van der Waals surface area contributed by atoms with E-state index < -0.39 is 31.1 Å². The smallest absolute Gasteiger partial charge is 0.206 e. The highest BCUT2D eigenvalue weighted by Gasteiger charge is 2.44. The predicted octanol–water partition coefficient (Wildman–Crippen LogP) is 1.12. The molecule has 1 fully saturated rings. The number of aromatic nitrogens is 2. The zero-order valence-corrected chi connectivity index (χ0v) is 18.0. The van der Waals surface area contributed by atoms with Gasteiger partial charge in [-0.25, -0.2) is 4.98 Å². The van der Waals surface area contributed by atoms with E-state index >= 15 is 0 Å². The van der Waals surface area contributed by atoms with Gasteiger partial charge in [-0.2, -0.15) is 0 Å². The van der Waals surface area contributed by atoms with Crippen LogP contribution in [-0.4, -0.2) is 73.2 Å². The monoisotopic (exact) mass is 459 g/mol. The number of aliphatic hydroxyl groups is 4. The van der Waals surface area contributed by atoms with Crippen LogP contribution in [0.5, 0.6) is 11.5 Å². The van der Waals surface area contributed by atoms with Crippen LogP contribution in [0.1, 0.15) is 24.6 Å². The lowest BCUT2D eigenvalue weighted by atomic mass is 10.1. The number of phenols is 1. The largest absolute Gasteiger partial charge is 0.508 e. The normalized spacial score (nSPS) is 22.7. The third-order valence-corrected chi connectivity index (χ3v) is 5.59. The number of hydrogen-bond acceptors (Lipinski definition) is 9. The number of nitrogens with one attached hydrogen (secondary N) is 1. The number of ether oxygens (including phenoxy) is 2. The lowest BCUT2D eigenvalue weighted by Gasteiger charge is -2.20. The first-order valence-corrected chi connectivity index (χ1v) is 10.9. The lowest BCUT2D eigenvalue weighted by molar-refractivity contribution is -0.0499. The third-order valence-electron chi connectivity index (χ3n) is 5.59. The highest BCUT2D eigenvalue weighted by molar-refractivity contribution is 5.78. The van der Waals surface area contributed by atoms with Crippen LogP contribution in [0.4, 0.5) is 5.95 Å². The molecule has 1 aliphatic rings. The van der Waals surface area contributed by atoms with E-state index in [1.165, 1.54) is 6.07 Å². The summed E-state index contributed by atoms with van der Waals surface area (Å²) in [7, 11) is 0. The van der Waals surface area contributed by atoms with Crippen molar-refractivity contribution >= 4 is 17.0 Å². The molecule has 0 spiro atoms. The second-order valence-corrected chi connectivity index (χ2v) is 7.99. The van der Waals surface area contributed by atoms with Crippen molar-refractivity contribution in [2.45, 2.75) is 43.9 Å². The first-order chi connectivity index (χ1) is 16.0. The van der Waals surface area contributed by atoms with Gasteiger partial charge in [-0.1, -0.05) is 12.1 Å². The Balaban J connectivity index is 1.56. The minimum absolute atomic E-state index is 0.0587. The quantitative estimate of drug-likeness (QED) is 0.245. The number of hydrogen-bond donors (Lipinski definition) is 6. The Bertz CT molecular complexity index is 1070. The van der Waals surface area contributed by atoms with Crippen LogP contribution in [0.2, 0.25) is 0 Å². The zero-order chi connectivity index (χ0) is 23.4. The van der Waals surface area contributed by atoms with Crippen LogP contribution in [0.15, 0.2) is 42.5 Å². The maximum Gasteiger partial charge on any atom is 0.206 e. The molecule has 4 rings (SSSR count). The van der Waals surface area contributed by atoms with Crippen molar-refractivity contribution in [2.24, 2.45) is 0 Å². The van der Waals surface area contributed by atoms with Gasteiger partial charge >= 0.3 is 0 Å². The third kappa shape index (κ3) is 5.05. The van der Waals surface area contributed by atoms with Gasteiger partial charge < -0.3 is 40.3 Å². The second-order valence-electron chi connectivity index (χ2n) is 7.99. The summed E-state index contributed by atoms with van der Waals surface area (Å²) in [6, 6.07) is 12.3. The van der Waals surface area contributed by atoms with E-state index in [1.807, 2.05) is 24.3 Å². The SMILES string of the molecule is OCCCCOc1cc(O)cc(CNc2nc3ccccc3n2[C@@H]2O[C@H](CO)[C@@H](O)[C@H]2O)c1. The summed E-state index contributed by atoms with van der Waals surface area (Å²) in [5, 5.41) is 52.4. The summed E-state index contributed by atoms with van der Waals surface area (Å²) in [6.45, 7) is 0.404. The molecular formula is C23H29N3O7. The topological polar surface area (TPSA) is 149 Å². The molecule has 0 bridgehead atoms. The maximum atomic E-state index is 10.6. The number of fused-ring (bicyclic) bond motifs is 1. The maximum absolute atomic E-state index is 10.6. The molecule has 10 nitrogen and oxygen atoms in total. The van der Waals surface area contributed by atoms with E-state index in [9.17, 15) is 20.4 Å². The number of nitrogens with zero attached hydrogens (tertiary/aromatic N) is 2. The summed E-state index contributed by atoms with van der Waals surface area (Å²) < 4.78 is 13.1. The summed E-state index contributed by atoms with van der Waals surface area (Å²) in [5.74, 6) is 0.977. The fourth-order valence-corrected chi connectivity index (χ4v) is 3.93. The van der Waals surface area contributed by atoms with Gasteiger partial charge in [-0.15, -0.1) is 0 Å². The lowest BCUT2D eigenvalue weighted by Crippen LogP contribution is -2.33. The van der Waals surface area contributed by atoms with Gasteiger partial charge in [0.05, 0.1) is 24.2 Å². The molecule has 3 aromatic rings. The van der Waals surface area contributed by atoms with E-state index in [1.54, 1.807) is 16.7 Å². The van der Waals surface area contributed by atoms with Crippen LogP contribution in [-0.2, 0) is 11.3 Å². The average molecular weight is 459 g/mol. The van der Waals surface area contributed by atoms with Crippen molar-refractivity contribution in [3.05, 3.63) is 48.0 Å². The predicted molar refractivity (Wildman–Crippen MR) is 120 cm³/mol. The Morgan fingerprint density at radius 3 is 2.64 bits per heavy atom. The molecule has 0 aliphatic carbocycles. The van der Waals surface area contributed by atoms with Gasteiger partial charge in [0.2, 0.25) is 5.95 Å². The van der Waals surface area contributed by atoms with Crippen LogP contribution in [0.3, 0.4) is 0 Å². The molecule has 1 aliphatic heterocycles. The fourth-order valence-electron chi connectivity index (χ4n) is 3.93. The van der Waals surface area contributed by atoms with Crippen molar-refractivity contribution in [1.29, 1.82) is 0 Å². The number of para-hydroxylation sites is 2. The van der Waals surface area contributed by atoms with Crippen LogP contribution < -0.4 is 10.1 Å². The van der Waals surface area contributed by atoms with Gasteiger partial charge in [0.1, 0.15) is 29.8 Å². The van der Waals surface area contributed by atoms with Crippen LogP contribution in [0.25, 0.3) is 11.0 Å².